The maximum Gasteiger partial charge on any atom is 0.0948 e. The molecule has 20 heavy (non-hydrogen) atoms. The van der Waals surface area contributed by atoms with Crippen LogP contribution in [0, 0.1) is 11.3 Å². The van der Waals surface area contributed by atoms with Gasteiger partial charge in [-0.2, -0.15) is 0 Å². The third-order valence-corrected chi connectivity index (χ3v) is 4.69. The lowest BCUT2D eigenvalue weighted by atomic mass is 9.69. The van der Waals surface area contributed by atoms with Crippen molar-refractivity contribution in [2.24, 2.45) is 11.3 Å². The van der Waals surface area contributed by atoms with Crippen molar-refractivity contribution in [2.45, 2.75) is 78.9 Å². The van der Waals surface area contributed by atoms with Gasteiger partial charge in [0, 0.05) is 25.3 Å². The molecule has 0 aromatic carbocycles. The van der Waals surface area contributed by atoms with Gasteiger partial charge in [0.05, 0.1) is 12.0 Å². The lowest BCUT2D eigenvalue weighted by molar-refractivity contribution is 0.129. The van der Waals surface area contributed by atoms with Gasteiger partial charge in [-0.3, -0.25) is 0 Å². The van der Waals surface area contributed by atoms with Gasteiger partial charge in [0.2, 0.25) is 0 Å². The van der Waals surface area contributed by atoms with Crippen molar-refractivity contribution in [1.82, 2.24) is 14.9 Å². The molecule has 1 heterocycles. The Kier molecular flexibility index (Phi) is 5.25. The van der Waals surface area contributed by atoms with E-state index >= 15 is 0 Å². The van der Waals surface area contributed by atoms with E-state index in [1.54, 1.807) is 0 Å². The molecule has 0 spiro atoms. The molecule has 0 amide bonds. The third kappa shape index (κ3) is 3.85. The highest BCUT2D eigenvalue weighted by Crippen LogP contribution is 2.38. The van der Waals surface area contributed by atoms with E-state index in [0.717, 1.165) is 25.4 Å². The van der Waals surface area contributed by atoms with Crippen molar-refractivity contribution in [2.75, 3.05) is 0 Å². The fourth-order valence-electron chi connectivity index (χ4n) is 3.59. The predicted molar refractivity (Wildman–Crippen MR) is 84.6 cm³/mol. The zero-order valence-corrected chi connectivity index (χ0v) is 13.7. The molecule has 3 nitrogen and oxygen atoms in total. The minimum Gasteiger partial charge on any atom is -0.333 e. The molecule has 3 heteroatoms. The second-order valence-corrected chi connectivity index (χ2v) is 7.32. The predicted octanol–water partition coefficient (Wildman–Crippen LogP) is 3.99. The number of aryl methyl sites for hydroxylation is 1. The van der Waals surface area contributed by atoms with Crippen LogP contribution in [0.5, 0.6) is 0 Å². The Hall–Kier alpha value is -0.830. The van der Waals surface area contributed by atoms with Crippen molar-refractivity contribution in [1.29, 1.82) is 0 Å². The van der Waals surface area contributed by atoms with Gasteiger partial charge < -0.3 is 9.88 Å². The van der Waals surface area contributed by atoms with E-state index in [1.807, 2.05) is 12.5 Å². The van der Waals surface area contributed by atoms with Crippen LogP contribution < -0.4 is 5.32 Å². The largest absolute Gasteiger partial charge is 0.333 e. The number of nitrogens with zero attached hydrogens (tertiary/aromatic N) is 2. The average Bonchev–Trinajstić information content (AvgIpc) is 2.83. The third-order valence-electron chi connectivity index (χ3n) is 4.69. The van der Waals surface area contributed by atoms with Gasteiger partial charge in [-0.25, -0.2) is 4.98 Å². The summed E-state index contributed by atoms with van der Waals surface area (Å²) in [6.45, 7) is 11.4. The van der Waals surface area contributed by atoms with E-state index in [9.17, 15) is 0 Å². The molecule has 2 rings (SSSR count). The molecular weight excluding hydrogens is 246 g/mol. The number of rotatable bonds is 5. The maximum absolute atomic E-state index is 4.30. The number of imidazole rings is 1. The van der Waals surface area contributed by atoms with Crippen molar-refractivity contribution >= 4 is 0 Å². The number of nitrogens with one attached hydrogen (secondary N) is 1. The van der Waals surface area contributed by atoms with Crippen LogP contribution in [0.4, 0.5) is 0 Å². The summed E-state index contributed by atoms with van der Waals surface area (Å²) in [5.41, 5.74) is 1.73. The van der Waals surface area contributed by atoms with Crippen molar-refractivity contribution < 1.29 is 0 Å². The molecule has 0 saturated heterocycles. The second-order valence-electron chi connectivity index (χ2n) is 7.32. The van der Waals surface area contributed by atoms with E-state index in [0.29, 0.717) is 11.5 Å². The summed E-state index contributed by atoms with van der Waals surface area (Å²) in [5, 5.41) is 3.82. The summed E-state index contributed by atoms with van der Waals surface area (Å²) in [7, 11) is 0. The van der Waals surface area contributed by atoms with Gasteiger partial charge in [0.1, 0.15) is 0 Å². The molecule has 0 aliphatic heterocycles. The molecule has 0 bridgehead atoms. The second kappa shape index (κ2) is 6.75. The van der Waals surface area contributed by atoms with Crippen LogP contribution in [0.15, 0.2) is 12.5 Å². The van der Waals surface area contributed by atoms with Gasteiger partial charge in [-0.15, -0.1) is 0 Å². The van der Waals surface area contributed by atoms with Gasteiger partial charge >= 0.3 is 0 Å². The van der Waals surface area contributed by atoms with Crippen LogP contribution in [0.1, 0.15) is 65.5 Å². The molecular formula is C17H31N3. The summed E-state index contributed by atoms with van der Waals surface area (Å²) in [6, 6.07) is 0.661. The van der Waals surface area contributed by atoms with Gasteiger partial charge in [-0.1, -0.05) is 40.5 Å². The topological polar surface area (TPSA) is 29.9 Å². The highest BCUT2D eigenvalue weighted by Gasteiger charge is 2.33. The van der Waals surface area contributed by atoms with Crippen LogP contribution in [-0.2, 0) is 13.1 Å². The van der Waals surface area contributed by atoms with Crippen LogP contribution in [0.25, 0.3) is 0 Å². The Labute approximate surface area is 124 Å². The maximum atomic E-state index is 4.30. The Bertz CT molecular complexity index is 403. The highest BCUT2D eigenvalue weighted by molar-refractivity contribution is 4.99. The van der Waals surface area contributed by atoms with Gasteiger partial charge in [0.15, 0.2) is 0 Å². The molecule has 2 unspecified atom stereocenters. The van der Waals surface area contributed by atoms with Crippen LogP contribution in [-0.4, -0.2) is 15.6 Å². The fourth-order valence-corrected chi connectivity index (χ4v) is 3.59. The van der Waals surface area contributed by atoms with Crippen molar-refractivity contribution in [3.8, 4) is 0 Å². The van der Waals surface area contributed by atoms with Crippen molar-refractivity contribution in [3.05, 3.63) is 18.2 Å². The van der Waals surface area contributed by atoms with E-state index in [1.165, 1.54) is 31.4 Å². The first-order valence-corrected chi connectivity index (χ1v) is 8.24. The molecule has 1 N–H and O–H groups in total. The molecule has 114 valence electrons. The summed E-state index contributed by atoms with van der Waals surface area (Å²) in [5.74, 6) is 0.791. The van der Waals surface area contributed by atoms with Gasteiger partial charge in [-0.05, 0) is 30.6 Å². The first kappa shape index (κ1) is 15.6. The average molecular weight is 277 g/mol. The Morgan fingerprint density at radius 3 is 2.75 bits per heavy atom. The highest BCUT2D eigenvalue weighted by atomic mass is 15.1. The summed E-state index contributed by atoms with van der Waals surface area (Å²) in [4.78, 5) is 4.30. The van der Waals surface area contributed by atoms with E-state index < -0.39 is 0 Å². The Morgan fingerprint density at radius 1 is 1.30 bits per heavy atom. The van der Waals surface area contributed by atoms with Crippen molar-refractivity contribution in [3.63, 3.8) is 0 Å². The van der Waals surface area contributed by atoms with Crippen LogP contribution >= 0.6 is 0 Å². The normalized spacial score (nSPS) is 24.0. The summed E-state index contributed by atoms with van der Waals surface area (Å²) >= 11 is 0. The number of hydrogen-bond acceptors (Lipinski definition) is 2. The van der Waals surface area contributed by atoms with E-state index in [4.69, 9.17) is 0 Å². The molecule has 1 fully saturated rings. The lowest BCUT2D eigenvalue weighted by Crippen LogP contribution is -2.44. The smallest absolute Gasteiger partial charge is 0.0948 e. The minimum atomic E-state index is 0.405. The zero-order valence-electron chi connectivity index (χ0n) is 13.7. The van der Waals surface area contributed by atoms with Crippen LogP contribution in [0.2, 0.25) is 0 Å². The molecule has 0 radical (unpaired) electrons. The monoisotopic (exact) mass is 277 g/mol. The summed E-state index contributed by atoms with van der Waals surface area (Å²) < 4.78 is 2.28. The van der Waals surface area contributed by atoms with E-state index in [2.05, 4.69) is 42.6 Å². The Morgan fingerprint density at radius 2 is 2.05 bits per heavy atom. The Balaban J connectivity index is 1.95. The number of aromatic nitrogens is 2. The fraction of sp³-hybridized carbons (Fsp3) is 0.824. The molecule has 2 atom stereocenters. The number of hydrogen-bond donors (Lipinski definition) is 1. The first-order valence-electron chi connectivity index (χ1n) is 8.24. The SMILES string of the molecule is CCCn1cncc1CNC1CCCCC1C(C)(C)C. The standard InChI is InChI=1S/C17H31N3/c1-5-10-20-13-18-11-14(20)12-19-16-9-7-6-8-15(16)17(2,3)4/h11,13,15-16,19H,5-10,12H2,1-4H3. The van der Waals surface area contributed by atoms with E-state index in [-0.39, 0.29) is 0 Å². The molecule has 1 saturated carbocycles. The molecule has 1 aliphatic rings. The molecule has 1 aromatic heterocycles. The lowest BCUT2D eigenvalue weighted by Gasteiger charge is -2.41. The molecule has 1 aliphatic carbocycles. The van der Waals surface area contributed by atoms with Crippen LogP contribution in [0.3, 0.4) is 0 Å². The zero-order chi connectivity index (χ0) is 14.6. The quantitative estimate of drug-likeness (QED) is 0.882. The van der Waals surface area contributed by atoms with Gasteiger partial charge in [0.25, 0.3) is 0 Å². The summed E-state index contributed by atoms with van der Waals surface area (Å²) in [6.07, 6.45) is 10.6. The minimum absolute atomic E-state index is 0.405. The first-order chi connectivity index (χ1) is 9.52. The molecule has 1 aromatic rings.